The summed E-state index contributed by atoms with van der Waals surface area (Å²) in [5, 5.41) is 9.67. The summed E-state index contributed by atoms with van der Waals surface area (Å²) in [4.78, 5) is 12.3. The van der Waals surface area contributed by atoms with Crippen LogP contribution in [0, 0.1) is 17.1 Å². The molecule has 0 aliphatic carbocycles. The maximum atomic E-state index is 13.0. The van der Waals surface area contributed by atoms with E-state index in [1.165, 1.54) is 12.1 Å². The number of halogens is 3. The molecule has 1 unspecified atom stereocenters. The second-order valence-electron chi connectivity index (χ2n) is 4.10. The summed E-state index contributed by atoms with van der Waals surface area (Å²) >= 11 is 11.7. The Balaban J connectivity index is 2.43. The summed E-state index contributed by atoms with van der Waals surface area (Å²) < 4.78 is 13.0. The first kappa shape index (κ1) is 14.5. The minimum atomic E-state index is -1.10. The van der Waals surface area contributed by atoms with Gasteiger partial charge in [0.2, 0.25) is 0 Å². The molecule has 0 aliphatic rings. The van der Waals surface area contributed by atoms with Crippen LogP contribution in [0.4, 0.5) is 4.39 Å². The van der Waals surface area contributed by atoms with Gasteiger partial charge < -0.3 is 0 Å². The fourth-order valence-corrected chi connectivity index (χ4v) is 2.28. The molecule has 0 saturated carbocycles. The fraction of sp³-hybridized carbons (Fsp3) is 0.0667. The van der Waals surface area contributed by atoms with Crippen LogP contribution in [-0.4, -0.2) is 5.78 Å². The van der Waals surface area contributed by atoms with Gasteiger partial charge in [0.05, 0.1) is 6.07 Å². The molecule has 2 aromatic carbocycles. The van der Waals surface area contributed by atoms with E-state index in [0.717, 1.165) is 12.1 Å². The quantitative estimate of drug-likeness (QED) is 0.776. The van der Waals surface area contributed by atoms with Gasteiger partial charge in [-0.1, -0.05) is 41.4 Å². The van der Waals surface area contributed by atoms with Crippen molar-refractivity contribution in [2.24, 2.45) is 0 Å². The maximum Gasteiger partial charge on any atom is 0.184 e. The Morgan fingerprint density at radius 2 is 1.95 bits per heavy atom. The Bertz CT molecular complexity index is 709. The van der Waals surface area contributed by atoms with E-state index < -0.39 is 17.5 Å². The van der Waals surface area contributed by atoms with Gasteiger partial charge in [-0.2, -0.15) is 5.26 Å². The molecular weight excluding hydrogens is 300 g/mol. The van der Waals surface area contributed by atoms with Gasteiger partial charge in [0.15, 0.2) is 5.78 Å². The van der Waals surface area contributed by atoms with Crippen molar-refractivity contribution in [1.29, 1.82) is 5.26 Å². The van der Waals surface area contributed by atoms with Gasteiger partial charge in [-0.3, -0.25) is 4.79 Å². The van der Waals surface area contributed by atoms with E-state index >= 15 is 0 Å². The summed E-state index contributed by atoms with van der Waals surface area (Å²) in [6.07, 6.45) is 0. The van der Waals surface area contributed by atoms with Crippen molar-refractivity contribution in [2.75, 3.05) is 0 Å². The Morgan fingerprint density at radius 3 is 2.55 bits per heavy atom. The van der Waals surface area contributed by atoms with Crippen LogP contribution in [0.5, 0.6) is 0 Å². The molecule has 0 amide bonds. The standard InChI is InChI=1S/C15H8Cl2FNO/c16-10-3-1-2-9(6-10)15(20)13(8-19)12-5-4-11(18)7-14(12)17/h1-7,13H. The molecular formula is C15H8Cl2FNO. The van der Waals surface area contributed by atoms with Crippen LogP contribution < -0.4 is 0 Å². The third kappa shape index (κ3) is 2.98. The smallest absolute Gasteiger partial charge is 0.184 e. The molecule has 0 radical (unpaired) electrons. The molecule has 2 nitrogen and oxygen atoms in total. The third-order valence-electron chi connectivity index (χ3n) is 2.77. The molecule has 0 fully saturated rings. The van der Waals surface area contributed by atoms with Gasteiger partial charge in [-0.05, 0) is 29.8 Å². The van der Waals surface area contributed by atoms with Crippen molar-refractivity contribution in [3.8, 4) is 6.07 Å². The van der Waals surface area contributed by atoms with Crippen LogP contribution in [0.15, 0.2) is 42.5 Å². The monoisotopic (exact) mass is 307 g/mol. The molecule has 100 valence electrons. The van der Waals surface area contributed by atoms with Crippen molar-refractivity contribution < 1.29 is 9.18 Å². The zero-order valence-electron chi connectivity index (χ0n) is 10.1. The van der Waals surface area contributed by atoms with Crippen LogP contribution in [-0.2, 0) is 0 Å². The van der Waals surface area contributed by atoms with E-state index in [4.69, 9.17) is 23.2 Å². The maximum absolute atomic E-state index is 13.0. The van der Waals surface area contributed by atoms with Gasteiger partial charge in [-0.15, -0.1) is 0 Å². The molecule has 0 saturated heterocycles. The summed E-state index contributed by atoms with van der Waals surface area (Å²) in [5.41, 5.74) is 0.588. The minimum Gasteiger partial charge on any atom is -0.292 e. The summed E-state index contributed by atoms with van der Waals surface area (Å²) in [7, 11) is 0. The average Bonchev–Trinajstić information content (AvgIpc) is 2.41. The number of hydrogen-bond donors (Lipinski definition) is 0. The van der Waals surface area contributed by atoms with E-state index in [0.29, 0.717) is 10.6 Å². The van der Waals surface area contributed by atoms with Gasteiger partial charge in [0.1, 0.15) is 11.7 Å². The highest BCUT2D eigenvalue weighted by Gasteiger charge is 2.24. The molecule has 0 spiro atoms. The summed E-state index contributed by atoms with van der Waals surface area (Å²) in [5.74, 6) is -2.05. The number of rotatable bonds is 3. The van der Waals surface area contributed by atoms with Gasteiger partial charge >= 0.3 is 0 Å². The van der Waals surface area contributed by atoms with E-state index in [-0.39, 0.29) is 10.6 Å². The van der Waals surface area contributed by atoms with Gasteiger partial charge in [-0.25, -0.2) is 4.39 Å². The molecule has 0 aromatic heterocycles. The van der Waals surface area contributed by atoms with E-state index in [2.05, 4.69) is 0 Å². The zero-order valence-corrected chi connectivity index (χ0v) is 11.6. The number of hydrogen-bond acceptors (Lipinski definition) is 2. The van der Waals surface area contributed by atoms with Crippen LogP contribution in [0.25, 0.3) is 0 Å². The minimum absolute atomic E-state index is 0.0481. The Morgan fingerprint density at radius 1 is 1.20 bits per heavy atom. The predicted octanol–water partition coefficient (Wildman–Crippen LogP) is 4.62. The van der Waals surface area contributed by atoms with E-state index in [1.54, 1.807) is 18.2 Å². The Labute approximate surface area is 125 Å². The van der Waals surface area contributed by atoms with E-state index in [1.807, 2.05) is 6.07 Å². The molecule has 0 aliphatic heterocycles. The molecule has 1 atom stereocenters. The first-order valence-electron chi connectivity index (χ1n) is 5.67. The normalized spacial score (nSPS) is 11.7. The highest BCUT2D eigenvalue weighted by atomic mass is 35.5. The van der Waals surface area contributed by atoms with E-state index in [9.17, 15) is 14.4 Å². The van der Waals surface area contributed by atoms with Crippen LogP contribution in [0.1, 0.15) is 21.8 Å². The largest absolute Gasteiger partial charge is 0.292 e. The average molecular weight is 308 g/mol. The van der Waals surface area contributed by atoms with Gasteiger partial charge in [0, 0.05) is 15.6 Å². The van der Waals surface area contributed by atoms with Crippen molar-refractivity contribution in [2.45, 2.75) is 5.92 Å². The van der Waals surface area contributed by atoms with Crippen LogP contribution in [0.3, 0.4) is 0 Å². The first-order chi connectivity index (χ1) is 9.52. The Hall–Kier alpha value is -1.89. The lowest BCUT2D eigenvalue weighted by atomic mass is 9.92. The van der Waals surface area contributed by atoms with Crippen molar-refractivity contribution in [3.05, 3.63) is 69.5 Å². The van der Waals surface area contributed by atoms with Crippen molar-refractivity contribution in [3.63, 3.8) is 0 Å². The van der Waals surface area contributed by atoms with Gasteiger partial charge in [0.25, 0.3) is 0 Å². The number of nitrogens with zero attached hydrogens (tertiary/aromatic N) is 1. The van der Waals surface area contributed by atoms with Crippen molar-refractivity contribution >= 4 is 29.0 Å². The summed E-state index contributed by atoms with van der Waals surface area (Å²) in [6, 6.07) is 11.8. The number of carbonyl (C=O) groups is 1. The topological polar surface area (TPSA) is 40.9 Å². The highest BCUT2D eigenvalue weighted by molar-refractivity contribution is 6.32. The molecule has 2 aromatic rings. The number of benzene rings is 2. The third-order valence-corrected chi connectivity index (χ3v) is 3.34. The number of ketones is 1. The molecule has 5 heteroatoms. The molecule has 2 rings (SSSR count). The SMILES string of the molecule is N#CC(C(=O)c1cccc(Cl)c1)c1ccc(F)cc1Cl. The van der Waals surface area contributed by atoms with Crippen LogP contribution >= 0.6 is 23.2 Å². The zero-order chi connectivity index (χ0) is 14.7. The molecule has 0 heterocycles. The Kier molecular flexibility index (Phi) is 4.39. The summed E-state index contributed by atoms with van der Waals surface area (Å²) in [6.45, 7) is 0. The predicted molar refractivity (Wildman–Crippen MR) is 75.5 cm³/mol. The second-order valence-corrected chi connectivity index (χ2v) is 4.95. The highest BCUT2D eigenvalue weighted by Crippen LogP contribution is 2.28. The lowest BCUT2D eigenvalue weighted by Gasteiger charge is -2.10. The lowest BCUT2D eigenvalue weighted by molar-refractivity contribution is 0.0979. The number of carbonyl (C=O) groups excluding carboxylic acids is 1. The second kappa shape index (κ2) is 6.04. The number of nitriles is 1. The molecule has 0 bridgehead atoms. The lowest BCUT2D eigenvalue weighted by Crippen LogP contribution is -2.12. The molecule has 20 heavy (non-hydrogen) atoms. The first-order valence-corrected chi connectivity index (χ1v) is 6.43. The van der Waals surface area contributed by atoms with Crippen LogP contribution in [0.2, 0.25) is 10.0 Å². The molecule has 0 N–H and O–H groups in total. The number of Topliss-reactive ketones (excluding diaryl/α,β-unsaturated/α-hetero) is 1. The fourth-order valence-electron chi connectivity index (χ4n) is 1.81. The van der Waals surface area contributed by atoms with Crippen molar-refractivity contribution in [1.82, 2.24) is 0 Å².